The molecule has 0 spiro atoms. The molecule has 84 valence electrons. The Morgan fingerprint density at radius 3 is 2.50 bits per heavy atom. The highest BCUT2D eigenvalue weighted by atomic mass is 14.7. The van der Waals surface area contributed by atoms with Gasteiger partial charge in [-0.25, -0.2) is 0 Å². The fourth-order valence-electron chi connectivity index (χ4n) is 2.14. The largest absolute Gasteiger partial charge is 0.281 e. The van der Waals surface area contributed by atoms with Crippen LogP contribution in [-0.2, 0) is 5.41 Å². The molecule has 0 fully saturated rings. The predicted molar refractivity (Wildman–Crippen MR) is 70.4 cm³/mol. The molecule has 1 heterocycles. The molecule has 0 N–H and O–H groups in total. The summed E-state index contributed by atoms with van der Waals surface area (Å²) in [5.74, 6) is 0. The number of benzene rings is 1. The van der Waals surface area contributed by atoms with Crippen LogP contribution in [0.5, 0.6) is 0 Å². The van der Waals surface area contributed by atoms with Gasteiger partial charge in [0, 0.05) is 0 Å². The molecule has 0 amide bonds. The van der Waals surface area contributed by atoms with Crippen molar-refractivity contribution in [2.24, 2.45) is 4.99 Å². The normalized spacial score (nSPS) is 15.4. The Kier molecular flexibility index (Phi) is 2.71. The minimum absolute atomic E-state index is 0.197. The van der Waals surface area contributed by atoms with E-state index in [9.17, 15) is 0 Å². The van der Waals surface area contributed by atoms with Crippen molar-refractivity contribution in [3.63, 3.8) is 0 Å². The summed E-state index contributed by atoms with van der Waals surface area (Å²) >= 11 is 0. The van der Waals surface area contributed by atoms with Crippen LogP contribution in [0.2, 0.25) is 0 Å². The molecule has 1 aromatic rings. The number of nitrogens with zero attached hydrogens (tertiary/aromatic N) is 1. The number of hydrogen-bond donors (Lipinski definition) is 0. The molecule has 0 aromatic heterocycles. The van der Waals surface area contributed by atoms with Gasteiger partial charge in [0.15, 0.2) is 0 Å². The molecule has 1 aromatic carbocycles. The van der Waals surface area contributed by atoms with E-state index in [4.69, 9.17) is 0 Å². The smallest absolute Gasteiger partial charge is 0.0648 e. The molecule has 16 heavy (non-hydrogen) atoms. The third kappa shape index (κ3) is 2.08. The maximum absolute atomic E-state index is 4.46. The van der Waals surface area contributed by atoms with Gasteiger partial charge in [-0.3, -0.25) is 4.99 Å². The molecular weight excluding hydrogens is 194 g/mol. The van der Waals surface area contributed by atoms with Gasteiger partial charge < -0.3 is 0 Å². The van der Waals surface area contributed by atoms with E-state index in [1.807, 2.05) is 0 Å². The lowest BCUT2D eigenvalue weighted by Crippen LogP contribution is -2.14. The molecule has 0 bridgehead atoms. The average Bonchev–Trinajstić information content (AvgIpc) is 2.69. The lowest BCUT2D eigenvalue weighted by Gasteiger charge is -2.22. The highest BCUT2D eigenvalue weighted by Gasteiger charge is 2.17. The maximum Gasteiger partial charge on any atom is 0.0648 e. The monoisotopic (exact) mass is 213 g/mol. The molecule has 1 nitrogen and oxygen atoms in total. The maximum atomic E-state index is 4.46. The second-order valence-corrected chi connectivity index (χ2v) is 5.41. The Balaban J connectivity index is 2.47. The summed E-state index contributed by atoms with van der Waals surface area (Å²) in [6.45, 7) is 9.77. The lowest BCUT2D eigenvalue weighted by molar-refractivity contribution is 0.586. The van der Waals surface area contributed by atoms with Crippen molar-refractivity contribution in [3.05, 3.63) is 47.0 Å². The topological polar surface area (TPSA) is 12.4 Å². The molecule has 1 aliphatic rings. The molecule has 1 heteroatoms. The summed E-state index contributed by atoms with van der Waals surface area (Å²) in [4.78, 5) is 4.46. The SMILES string of the molecule is Cc1ccc(C2=NCC=C2)cc1C(C)(C)C. The summed E-state index contributed by atoms with van der Waals surface area (Å²) in [6, 6.07) is 6.65. The van der Waals surface area contributed by atoms with E-state index in [1.54, 1.807) is 0 Å². The Bertz CT molecular complexity index is 459. The Labute approximate surface area is 97.9 Å². The highest BCUT2D eigenvalue weighted by Crippen LogP contribution is 2.27. The third-order valence-electron chi connectivity index (χ3n) is 2.98. The van der Waals surface area contributed by atoms with Crippen molar-refractivity contribution in [2.45, 2.75) is 33.1 Å². The summed E-state index contributed by atoms with van der Waals surface area (Å²) < 4.78 is 0. The van der Waals surface area contributed by atoms with E-state index in [1.165, 1.54) is 16.7 Å². The van der Waals surface area contributed by atoms with Gasteiger partial charge in [0.05, 0.1) is 12.3 Å². The molecular formula is C15H19N. The minimum Gasteiger partial charge on any atom is -0.281 e. The van der Waals surface area contributed by atoms with Gasteiger partial charge in [-0.15, -0.1) is 0 Å². The van der Waals surface area contributed by atoms with Crippen molar-refractivity contribution in [2.75, 3.05) is 6.54 Å². The predicted octanol–water partition coefficient (Wildman–Crippen LogP) is 3.65. The summed E-state index contributed by atoms with van der Waals surface area (Å²) in [7, 11) is 0. The van der Waals surface area contributed by atoms with E-state index in [0.29, 0.717) is 0 Å². The van der Waals surface area contributed by atoms with Crippen molar-refractivity contribution >= 4 is 5.71 Å². The van der Waals surface area contributed by atoms with Crippen molar-refractivity contribution < 1.29 is 0 Å². The molecule has 0 unspecified atom stereocenters. The van der Waals surface area contributed by atoms with E-state index in [0.717, 1.165) is 12.3 Å². The van der Waals surface area contributed by atoms with Gasteiger partial charge >= 0.3 is 0 Å². The first-order chi connectivity index (χ1) is 7.48. The first-order valence-corrected chi connectivity index (χ1v) is 5.81. The van der Waals surface area contributed by atoms with E-state index < -0.39 is 0 Å². The van der Waals surface area contributed by atoms with Gasteiger partial charge in [-0.1, -0.05) is 39.0 Å². The molecule has 0 saturated heterocycles. The van der Waals surface area contributed by atoms with Crippen molar-refractivity contribution in [1.82, 2.24) is 0 Å². The third-order valence-corrected chi connectivity index (χ3v) is 2.98. The second kappa shape index (κ2) is 3.89. The average molecular weight is 213 g/mol. The number of aliphatic imine (C=N–C) groups is 1. The summed E-state index contributed by atoms with van der Waals surface area (Å²) in [5.41, 5.74) is 5.32. The second-order valence-electron chi connectivity index (χ2n) is 5.41. The number of rotatable bonds is 1. The summed E-state index contributed by atoms with van der Waals surface area (Å²) in [6.07, 6.45) is 4.21. The van der Waals surface area contributed by atoms with Gasteiger partial charge in [-0.05, 0) is 41.2 Å². The fourth-order valence-corrected chi connectivity index (χ4v) is 2.14. The minimum atomic E-state index is 0.197. The van der Waals surface area contributed by atoms with Crippen LogP contribution in [-0.4, -0.2) is 12.3 Å². The molecule has 2 rings (SSSR count). The molecule has 0 atom stereocenters. The molecule has 0 saturated carbocycles. The zero-order chi connectivity index (χ0) is 11.8. The quantitative estimate of drug-likeness (QED) is 0.675. The van der Waals surface area contributed by atoms with E-state index in [-0.39, 0.29) is 5.41 Å². The van der Waals surface area contributed by atoms with Gasteiger partial charge in [0.1, 0.15) is 0 Å². The first-order valence-electron chi connectivity index (χ1n) is 5.81. The van der Waals surface area contributed by atoms with Crippen LogP contribution in [0.25, 0.3) is 0 Å². The first kappa shape index (κ1) is 11.1. The zero-order valence-electron chi connectivity index (χ0n) is 10.5. The standard InChI is InChI=1S/C15H19N/c1-11-7-8-12(14-6-5-9-16-14)10-13(11)15(2,3)4/h5-8,10H,9H2,1-4H3. The Morgan fingerprint density at radius 1 is 1.19 bits per heavy atom. The van der Waals surface area contributed by atoms with Gasteiger partial charge in [-0.2, -0.15) is 0 Å². The Morgan fingerprint density at radius 2 is 1.94 bits per heavy atom. The number of aryl methyl sites for hydroxylation is 1. The van der Waals surface area contributed by atoms with Crippen LogP contribution in [0.15, 0.2) is 35.3 Å². The molecule has 0 radical (unpaired) electrons. The molecule has 1 aliphatic heterocycles. The number of hydrogen-bond acceptors (Lipinski definition) is 1. The van der Waals surface area contributed by atoms with Crippen LogP contribution in [0.1, 0.15) is 37.5 Å². The number of allylic oxidation sites excluding steroid dienone is 1. The van der Waals surface area contributed by atoms with Crippen LogP contribution >= 0.6 is 0 Å². The zero-order valence-corrected chi connectivity index (χ0v) is 10.5. The van der Waals surface area contributed by atoms with Crippen LogP contribution < -0.4 is 0 Å². The fraction of sp³-hybridized carbons (Fsp3) is 0.400. The highest BCUT2D eigenvalue weighted by molar-refractivity contribution is 6.10. The van der Waals surface area contributed by atoms with Crippen molar-refractivity contribution in [3.8, 4) is 0 Å². The van der Waals surface area contributed by atoms with Gasteiger partial charge in [0.25, 0.3) is 0 Å². The molecule has 0 aliphatic carbocycles. The van der Waals surface area contributed by atoms with E-state index >= 15 is 0 Å². The van der Waals surface area contributed by atoms with E-state index in [2.05, 4.69) is 63.0 Å². The summed E-state index contributed by atoms with van der Waals surface area (Å²) in [5, 5.41) is 0. The van der Waals surface area contributed by atoms with Crippen LogP contribution in [0.4, 0.5) is 0 Å². The van der Waals surface area contributed by atoms with Gasteiger partial charge in [0.2, 0.25) is 0 Å². The van der Waals surface area contributed by atoms with Crippen LogP contribution in [0, 0.1) is 6.92 Å². The lowest BCUT2D eigenvalue weighted by atomic mass is 9.83. The Hall–Kier alpha value is -1.37. The van der Waals surface area contributed by atoms with Crippen LogP contribution in [0.3, 0.4) is 0 Å². The van der Waals surface area contributed by atoms with Crippen molar-refractivity contribution in [1.29, 1.82) is 0 Å².